The molecule has 12 heteroatoms. The fraction of sp³-hybridized carbons (Fsp3) is 0.231. The second-order valence-corrected chi connectivity index (χ2v) is 13.1. The maximum Gasteiger partial charge on any atom is 0.421 e. The number of sulfone groups is 1. The molecule has 1 aromatic heterocycles. The summed E-state index contributed by atoms with van der Waals surface area (Å²) in [5.74, 6) is 0.704. The maximum atomic E-state index is 12.9. The van der Waals surface area contributed by atoms with Crippen LogP contribution in [0.5, 0.6) is 0 Å². The molecule has 0 aliphatic carbocycles. The zero-order valence-electron chi connectivity index (χ0n) is 20.9. The molecule has 200 valence electrons. The topological polar surface area (TPSA) is 127 Å². The predicted octanol–water partition coefficient (Wildman–Crippen LogP) is 4.86. The summed E-state index contributed by atoms with van der Waals surface area (Å²) in [5, 5.41) is 9.71. The lowest BCUT2D eigenvalue weighted by Gasteiger charge is -2.19. The molecule has 1 heterocycles. The normalized spacial score (nSPS) is 12.1. The minimum Gasteiger partial charge on any atom is -0.464 e. The third kappa shape index (κ3) is 5.40. The van der Waals surface area contributed by atoms with Crippen LogP contribution in [0.2, 0.25) is 5.02 Å². The van der Waals surface area contributed by atoms with Gasteiger partial charge >= 0.3 is 6.09 Å². The molecule has 4 rings (SSSR count). The molecule has 4 aromatic rings. The highest BCUT2D eigenvalue weighted by atomic mass is 35.5. The molecular weight excluding hydrogens is 550 g/mol. The fourth-order valence-electron chi connectivity index (χ4n) is 4.14. The number of hydrogen-bond acceptors (Lipinski definition) is 6. The largest absolute Gasteiger partial charge is 0.464 e. The van der Waals surface area contributed by atoms with Gasteiger partial charge in [-0.3, -0.25) is 4.57 Å². The number of sulfonamides is 1. The Morgan fingerprint density at radius 1 is 1.03 bits per heavy atom. The van der Waals surface area contributed by atoms with Crippen molar-refractivity contribution in [2.45, 2.75) is 36.5 Å². The van der Waals surface area contributed by atoms with Crippen LogP contribution in [-0.2, 0) is 32.7 Å². The SMILES string of the molecule is CCc1nc2cc(S(C)(=O)=O)c(Cl)cc2n1-c1ccc(CCN(C(=O)O)S(=O)(=O)c2ccc(C)cc2)cc1. The number of rotatable bonds is 8. The molecule has 0 saturated heterocycles. The zero-order valence-corrected chi connectivity index (χ0v) is 23.3. The van der Waals surface area contributed by atoms with Gasteiger partial charge in [-0.05, 0) is 55.3 Å². The van der Waals surface area contributed by atoms with Gasteiger partial charge in [-0.2, -0.15) is 0 Å². The van der Waals surface area contributed by atoms with E-state index in [0.717, 1.165) is 23.1 Å². The van der Waals surface area contributed by atoms with E-state index in [4.69, 9.17) is 11.6 Å². The summed E-state index contributed by atoms with van der Waals surface area (Å²) in [6, 6.07) is 16.2. The standard InChI is InChI=1S/C26H26ClN3O6S2/c1-4-25-28-22-16-24(37(3,33)34)21(27)15-23(22)30(25)19-9-7-18(8-10-19)13-14-29(26(31)32)38(35,36)20-11-5-17(2)6-12-20/h5-12,15-16H,4,13-14H2,1-3H3,(H,31,32). The lowest BCUT2D eigenvalue weighted by atomic mass is 10.1. The first-order valence-corrected chi connectivity index (χ1v) is 15.4. The van der Waals surface area contributed by atoms with E-state index < -0.39 is 26.0 Å². The van der Waals surface area contributed by atoms with Crippen molar-refractivity contribution >= 4 is 48.6 Å². The number of amides is 1. The molecule has 0 aliphatic rings. The summed E-state index contributed by atoms with van der Waals surface area (Å²) in [7, 11) is -7.74. The smallest absolute Gasteiger partial charge is 0.421 e. The van der Waals surface area contributed by atoms with Crippen molar-refractivity contribution in [2.75, 3.05) is 12.8 Å². The second-order valence-electron chi connectivity index (χ2n) is 8.85. The van der Waals surface area contributed by atoms with Crippen LogP contribution in [0.25, 0.3) is 16.7 Å². The monoisotopic (exact) mass is 575 g/mol. The van der Waals surface area contributed by atoms with E-state index in [1.165, 1.54) is 18.2 Å². The number of hydrogen-bond donors (Lipinski definition) is 1. The van der Waals surface area contributed by atoms with Crippen molar-refractivity contribution in [2.24, 2.45) is 0 Å². The van der Waals surface area contributed by atoms with Gasteiger partial charge in [0, 0.05) is 24.9 Å². The van der Waals surface area contributed by atoms with Gasteiger partial charge in [0.25, 0.3) is 10.0 Å². The van der Waals surface area contributed by atoms with Gasteiger partial charge in [0.15, 0.2) is 9.84 Å². The van der Waals surface area contributed by atoms with E-state index in [1.807, 2.05) is 30.5 Å². The van der Waals surface area contributed by atoms with Gasteiger partial charge in [0.2, 0.25) is 0 Å². The minimum absolute atomic E-state index is 0.0119. The van der Waals surface area contributed by atoms with Crippen LogP contribution in [0.15, 0.2) is 70.5 Å². The van der Waals surface area contributed by atoms with Crippen LogP contribution >= 0.6 is 11.6 Å². The predicted molar refractivity (Wildman–Crippen MR) is 145 cm³/mol. The van der Waals surface area contributed by atoms with Crippen molar-refractivity contribution in [1.82, 2.24) is 13.9 Å². The van der Waals surface area contributed by atoms with Gasteiger partial charge in [-0.25, -0.2) is 30.9 Å². The van der Waals surface area contributed by atoms with Crippen LogP contribution < -0.4 is 0 Å². The maximum absolute atomic E-state index is 12.9. The van der Waals surface area contributed by atoms with Crippen LogP contribution in [0.1, 0.15) is 23.9 Å². The Bertz CT molecular complexity index is 1730. The Morgan fingerprint density at radius 2 is 1.66 bits per heavy atom. The molecule has 0 radical (unpaired) electrons. The summed E-state index contributed by atoms with van der Waals surface area (Å²) in [6.07, 6.45) is 0.290. The lowest BCUT2D eigenvalue weighted by molar-refractivity contribution is 0.172. The number of benzene rings is 3. The first-order valence-electron chi connectivity index (χ1n) is 11.7. The number of nitrogens with zero attached hydrogens (tertiary/aromatic N) is 3. The summed E-state index contributed by atoms with van der Waals surface area (Å²) in [6.45, 7) is 3.50. The molecule has 3 aromatic carbocycles. The average Bonchev–Trinajstić information content (AvgIpc) is 3.21. The molecule has 0 unspecified atom stereocenters. The van der Waals surface area contributed by atoms with Crippen molar-refractivity contribution in [3.05, 3.63) is 82.6 Å². The van der Waals surface area contributed by atoms with Gasteiger partial charge in [0.05, 0.1) is 25.8 Å². The molecule has 0 atom stereocenters. The lowest BCUT2D eigenvalue weighted by Crippen LogP contribution is -2.37. The molecule has 38 heavy (non-hydrogen) atoms. The van der Waals surface area contributed by atoms with E-state index in [9.17, 15) is 26.7 Å². The second kappa shape index (κ2) is 10.4. The van der Waals surface area contributed by atoms with Crippen molar-refractivity contribution < 1.29 is 26.7 Å². The first kappa shape index (κ1) is 27.6. The number of carboxylic acid groups (broad SMARTS) is 1. The van der Waals surface area contributed by atoms with Crippen LogP contribution in [0.3, 0.4) is 0 Å². The highest BCUT2D eigenvalue weighted by Crippen LogP contribution is 2.30. The molecule has 0 spiro atoms. The molecule has 1 amide bonds. The quantitative estimate of drug-likeness (QED) is 0.318. The third-order valence-electron chi connectivity index (χ3n) is 6.11. The Balaban J connectivity index is 1.62. The first-order chi connectivity index (χ1) is 17.8. The van der Waals surface area contributed by atoms with E-state index in [-0.39, 0.29) is 27.8 Å². The molecule has 0 saturated carbocycles. The summed E-state index contributed by atoms with van der Waals surface area (Å²) < 4.78 is 52.3. The fourth-order valence-corrected chi connectivity index (χ4v) is 6.73. The highest BCUT2D eigenvalue weighted by Gasteiger charge is 2.28. The minimum atomic E-state index is -4.22. The number of carbonyl (C=O) groups is 1. The third-order valence-corrected chi connectivity index (χ3v) is 9.46. The van der Waals surface area contributed by atoms with E-state index >= 15 is 0 Å². The van der Waals surface area contributed by atoms with E-state index in [0.29, 0.717) is 27.6 Å². The van der Waals surface area contributed by atoms with Crippen LogP contribution in [-0.4, -0.2) is 54.7 Å². The van der Waals surface area contributed by atoms with Crippen molar-refractivity contribution in [3.8, 4) is 5.69 Å². The Hall–Kier alpha value is -3.41. The number of halogens is 1. The Labute approximate surface area is 226 Å². The van der Waals surface area contributed by atoms with Gasteiger partial charge in [-0.1, -0.05) is 48.4 Å². The van der Waals surface area contributed by atoms with Gasteiger partial charge < -0.3 is 5.11 Å². The van der Waals surface area contributed by atoms with E-state index in [1.54, 1.807) is 30.3 Å². The molecule has 9 nitrogen and oxygen atoms in total. The summed E-state index contributed by atoms with van der Waals surface area (Å²) in [4.78, 5) is 16.3. The van der Waals surface area contributed by atoms with Gasteiger partial charge in [-0.15, -0.1) is 0 Å². The van der Waals surface area contributed by atoms with Crippen LogP contribution in [0.4, 0.5) is 4.79 Å². The number of fused-ring (bicyclic) bond motifs is 1. The number of imidazole rings is 1. The highest BCUT2D eigenvalue weighted by molar-refractivity contribution is 7.90. The zero-order chi connectivity index (χ0) is 27.8. The molecular formula is C26H26ClN3O6S2. The van der Waals surface area contributed by atoms with Gasteiger partial charge in [0.1, 0.15) is 5.82 Å². The summed E-state index contributed by atoms with van der Waals surface area (Å²) in [5.41, 5.74) is 3.49. The van der Waals surface area contributed by atoms with E-state index in [2.05, 4.69) is 4.98 Å². The number of aryl methyl sites for hydroxylation is 2. The molecule has 1 N–H and O–H groups in total. The molecule has 0 bridgehead atoms. The Morgan fingerprint density at radius 3 is 2.21 bits per heavy atom. The van der Waals surface area contributed by atoms with Crippen molar-refractivity contribution in [1.29, 1.82) is 0 Å². The average molecular weight is 576 g/mol. The molecule has 0 aliphatic heterocycles. The summed E-state index contributed by atoms with van der Waals surface area (Å²) >= 11 is 6.29. The molecule has 0 fully saturated rings. The number of aromatic nitrogens is 2. The van der Waals surface area contributed by atoms with Crippen LogP contribution in [0, 0.1) is 6.92 Å². The van der Waals surface area contributed by atoms with Crippen molar-refractivity contribution in [3.63, 3.8) is 0 Å². The Kier molecular flexibility index (Phi) is 7.55.